The molecule has 0 saturated heterocycles. The van der Waals surface area contributed by atoms with E-state index in [9.17, 15) is 21.2 Å². The van der Waals surface area contributed by atoms with Crippen LogP contribution in [0.15, 0.2) is 87.7 Å². The van der Waals surface area contributed by atoms with E-state index in [-0.39, 0.29) is 20.8 Å². The molecule has 4 aromatic rings. The zero-order valence-electron chi connectivity index (χ0n) is 20.4. The number of sulfonamides is 2. The summed E-state index contributed by atoms with van der Waals surface area (Å²) in [4.78, 5) is -0.0940. The SMILES string of the molecule is Cc1nn(-c2ccc(S(N)(=O)=O)cc2)c(Cl)c1C1CC(c2ccc(F)cc2)=NN1c1ccc(S(N)(=O)=O)cc1. The molecule has 3 aromatic carbocycles. The summed E-state index contributed by atoms with van der Waals surface area (Å²) < 4.78 is 61.9. The summed E-state index contributed by atoms with van der Waals surface area (Å²) in [7, 11) is -7.76. The van der Waals surface area contributed by atoms with Crippen LogP contribution in [0.4, 0.5) is 10.1 Å². The van der Waals surface area contributed by atoms with Crippen molar-refractivity contribution in [1.82, 2.24) is 9.78 Å². The van der Waals surface area contributed by atoms with Gasteiger partial charge in [-0.25, -0.2) is 36.2 Å². The number of benzene rings is 3. The van der Waals surface area contributed by atoms with Crippen molar-refractivity contribution in [3.05, 3.63) is 101 Å². The Balaban J connectivity index is 1.58. The van der Waals surface area contributed by atoms with Gasteiger partial charge < -0.3 is 0 Å². The van der Waals surface area contributed by atoms with Gasteiger partial charge >= 0.3 is 0 Å². The van der Waals surface area contributed by atoms with Gasteiger partial charge in [-0.05, 0) is 73.2 Å². The minimum absolute atomic E-state index is 0.0466. The average Bonchev–Trinajstić information content (AvgIpc) is 3.44. The molecule has 1 aliphatic rings. The first-order valence-electron chi connectivity index (χ1n) is 11.5. The lowest BCUT2D eigenvalue weighted by Crippen LogP contribution is -2.20. The fourth-order valence-corrected chi connectivity index (χ4v) is 5.85. The first-order chi connectivity index (χ1) is 18.3. The van der Waals surface area contributed by atoms with Crippen LogP contribution in [0, 0.1) is 12.7 Å². The fourth-order valence-electron chi connectivity index (χ4n) is 4.42. The molecule has 0 radical (unpaired) electrons. The Labute approximate surface area is 229 Å². The smallest absolute Gasteiger partial charge is 0.238 e. The number of halogens is 2. The highest BCUT2D eigenvalue weighted by atomic mass is 35.5. The molecule has 10 nitrogen and oxygen atoms in total. The van der Waals surface area contributed by atoms with Crippen LogP contribution in [-0.4, -0.2) is 32.3 Å². The lowest BCUT2D eigenvalue weighted by Gasteiger charge is -2.24. The van der Waals surface area contributed by atoms with Crippen molar-refractivity contribution >= 4 is 43.0 Å². The van der Waals surface area contributed by atoms with Crippen LogP contribution in [0.25, 0.3) is 5.69 Å². The van der Waals surface area contributed by atoms with Crippen LogP contribution in [0.5, 0.6) is 0 Å². The van der Waals surface area contributed by atoms with Crippen LogP contribution in [0.3, 0.4) is 0 Å². The number of anilines is 1. The molecule has 0 saturated carbocycles. The van der Waals surface area contributed by atoms with Crippen molar-refractivity contribution < 1.29 is 21.2 Å². The predicted octanol–water partition coefficient (Wildman–Crippen LogP) is 3.62. The first-order valence-corrected chi connectivity index (χ1v) is 14.9. The number of hydrazone groups is 1. The van der Waals surface area contributed by atoms with Crippen molar-refractivity contribution in [2.24, 2.45) is 15.4 Å². The molecule has 1 aromatic heterocycles. The Morgan fingerprint density at radius 1 is 0.846 bits per heavy atom. The van der Waals surface area contributed by atoms with Crippen LogP contribution in [0.2, 0.25) is 5.15 Å². The van der Waals surface area contributed by atoms with E-state index in [1.807, 2.05) is 0 Å². The standard InChI is InChI=1S/C25H22ClFN6O4S2/c1-15-24(25(26)33(30-15)19-8-12-21(13-9-19)39(29,36)37)23-14-22(16-2-4-17(27)5-3-16)31-32(23)18-6-10-20(11-7-18)38(28,34)35/h2-13,23H,14H2,1H3,(H2,28,34,35)(H2,29,36,37). The van der Waals surface area contributed by atoms with Crippen molar-refractivity contribution in [3.63, 3.8) is 0 Å². The summed E-state index contributed by atoms with van der Waals surface area (Å²) in [5.74, 6) is -0.377. The summed E-state index contributed by atoms with van der Waals surface area (Å²) in [5.41, 5.74) is 3.72. The zero-order chi connectivity index (χ0) is 28.1. The van der Waals surface area contributed by atoms with E-state index in [2.05, 4.69) is 5.10 Å². The molecule has 0 spiro atoms. The van der Waals surface area contributed by atoms with Gasteiger partial charge in [0, 0.05) is 12.0 Å². The number of primary sulfonamides is 2. The van der Waals surface area contributed by atoms with Crippen LogP contribution in [0.1, 0.15) is 29.3 Å². The highest BCUT2D eigenvalue weighted by Crippen LogP contribution is 2.41. The Morgan fingerprint density at radius 3 is 1.87 bits per heavy atom. The van der Waals surface area contributed by atoms with Gasteiger partial charge in [0.1, 0.15) is 11.0 Å². The second kappa shape index (κ2) is 9.84. The Bertz CT molecular complexity index is 1810. The van der Waals surface area contributed by atoms with E-state index in [1.54, 1.807) is 48.3 Å². The summed E-state index contributed by atoms with van der Waals surface area (Å²) in [6, 6.07) is 17.3. The van der Waals surface area contributed by atoms with Crippen LogP contribution < -0.4 is 15.3 Å². The molecular weight excluding hydrogens is 567 g/mol. The number of hydrogen-bond donors (Lipinski definition) is 2. The van der Waals surface area contributed by atoms with E-state index in [0.29, 0.717) is 40.3 Å². The third-order valence-corrected chi connectivity index (χ3v) is 8.53. The molecule has 0 aliphatic carbocycles. The Kier molecular flexibility index (Phi) is 6.81. The summed E-state index contributed by atoms with van der Waals surface area (Å²) in [6.07, 6.45) is 0.388. The molecule has 0 fully saturated rings. The van der Waals surface area contributed by atoms with Gasteiger partial charge in [-0.3, -0.25) is 5.01 Å². The first kappa shape index (κ1) is 27.0. The molecular formula is C25H22ClFN6O4S2. The minimum atomic E-state index is -3.89. The third-order valence-electron chi connectivity index (χ3n) is 6.31. The highest BCUT2D eigenvalue weighted by Gasteiger charge is 2.35. The lowest BCUT2D eigenvalue weighted by atomic mass is 9.98. The van der Waals surface area contributed by atoms with Crippen molar-refractivity contribution in [2.75, 3.05) is 5.01 Å². The lowest BCUT2D eigenvalue weighted by molar-refractivity contribution is 0.596. The van der Waals surface area contributed by atoms with Crippen molar-refractivity contribution in [3.8, 4) is 5.69 Å². The number of nitrogens with two attached hydrogens (primary N) is 2. The van der Waals surface area contributed by atoms with Crippen LogP contribution in [-0.2, 0) is 20.0 Å². The second-order valence-corrected chi connectivity index (χ2v) is 12.4. The molecule has 5 rings (SSSR count). The molecule has 4 N–H and O–H groups in total. The maximum atomic E-state index is 13.6. The largest absolute Gasteiger partial charge is 0.257 e. The number of nitrogens with zero attached hydrogens (tertiary/aromatic N) is 4. The summed E-state index contributed by atoms with van der Waals surface area (Å²) >= 11 is 6.86. The minimum Gasteiger partial charge on any atom is -0.257 e. The fraction of sp³-hybridized carbons (Fsp3) is 0.120. The summed E-state index contributed by atoms with van der Waals surface area (Å²) in [6.45, 7) is 1.79. The van der Waals surface area contributed by atoms with Gasteiger partial charge in [-0.15, -0.1) is 0 Å². The molecule has 202 valence electrons. The van der Waals surface area contributed by atoms with Crippen molar-refractivity contribution in [1.29, 1.82) is 0 Å². The Morgan fingerprint density at radius 2 is 1.36 bits per heavy atom. The van der Waals surface area contributed by atoms with Gasteiger partial charge in [-0.2, -0.15) is 10.2 Å². The van der Waals surface area contributed by atoms with E-state index in [0.717, 1.165) is 0 Å². The molecule has 0 bridgehead atoms. The topological polar surface area (TPSA) is 154 Å². The molecule has 1 atom stereocenters. The molecule has 2 heterocycles. The van der Waals surface area contributed by atoms with Gasteiger partial charge in [0.2, 0.25) is 20.0 Å². The van der Waals surface area contributed by atoms with E-state index in [1.165, 1.54) is 41.1 Å². The number of aryl methyl sites for hydroxylation is 1. The number of hydrogen-bond acceptors (Lipinski definition) is 7. The van der Waals surface area contributed by atoms with Gasteiger partial charge in [0.15, 0.2) is 0 Å². The maximum Gasteiger partial charge on any atom is 0.238 e. The van der Waals surface area contributed by atoms with E-state index >= 15 is 0 Å². The monoisotopic (exact) mass is 588 g/mol. The maximum absolute atomic E-state index is 13.6. The molecule has 0 amide bonds. The van der Waals surface area contributed by atoms with Gasteiger partial charge in [0.05, 0.1) is 38.6 Å². The zero-order valence-corrected chi connectivity index (χ0v) is 22.8. The highest BCUT2D eigenvalue weighted by molar-refractivity contribution is 7.89. The molecule has 1 aliphatic heterocycles. The number of aromatic nitrogens is 2. The van der Waals surface area contributed by atoms with E-state index < -0.39 is 26.1 Å². The predicted molar refractivity (Wildman–Crippen MR) is 145 cm³/mol. The number of rotatable bonds is 6. The summed E-state index contributed by atoms with van der Waals surface area (Å²) in [5, 5.41) is 21.8. The van der Waals surface area contributed by atoms with E-state index in [4.69, 9.17) is 27.0 Å². The molecule has 1 unspecified atom stereocenters. The van der Waals surface area contributed by atoms with Crippen LogP contribution >= 0.6 is 11.6 Å². The van der Waals surface area contributed by atoms with Crippen molar-refractivity contribution in [2.45, 2.75) is 29.2 Å². The quantitative estimate of drug-likeness (QED) is 0.351. The van der Waals surface area contributed by atoms with Gasteiger partial charge in [-0.1, -0.05) is 23.7 Å². The van der Waals surface area contributed by atoms with Gasteiger partial charge in [0.25, 0.3) is 0 Å². The third kappa shape index (κ3) is 5.31. The average molecular weight is 589 g/mol. The second-order valence-electron chi connectivity index (χ2n) is 8.90. The molecule has 14 heteroatoms. The normalized spacial score (nSPS) is 16.0. The Hall–Kier alpha value is -3.62. The molecule has 39 heavy (non-hydrogen) atoms.